The van der Waals surface area contributed by atoms with Crippen LogP contribution >= 0.6 is 0 Å². The van der Waals surface area contributed by atoms with E-state index in [1.54, 1.807) is 7.11 Å². The summed E-state index contributed by atoms with van der Waals surface area (Å²) in [5, 5.41) is 9.34. The van der Waals surface area contributed by atoms with Crippen molar-refractivity contribution < 1.29 is 9.53 Å². The number of anilines is 1. The maximum Gasteiger partial charge on any atom is 0.221 e. The van der Waals surface area contributed by atoms with Crippen molar-refractivity contribution in [2.45, 2.75) is 26.9 Å². The monoisotopic (exact) mass is 354 g/mol. The van der Waals surface area contributed by atoms with E-state index in [0.29, 0.717) is 13.1 Å². The number of rotatable bonds is 7. The Kier molecular flexibility index (Phi) is 7.49. The number of benzene rings is 2. The molecule has 6 heteroatoms. The fourth-order valence-electron chi connectivity index (χ4n) is 2.49. The van der Waals surface area contributed by atoms with Crippen LogP contribution in [0.3, 0.4) is 0 Å². The van der Waals surface area contributed by atoms with Crippen molar-refractivity contribution in [2.75, 3.05) is 19.0 Å². The van der Waals surface area contributed by atoms with Crippen LogP contribution in [0.4, 0.5) is 5.69 Å². The molecule has 1 amide bonds. The summed E-state index contributed by atoms with van der Waals surface area (Å²) in [7, 11) is 1.67. The zero-order chi connectivity index (χ0) is 18.8. The number of aliphatic imine (C=N–C) groups is 1. The maximum absolute atomic E-state index is 11.2. The van der Waals surface area contributed by atoms with Crippen LogP contribution in [0.15, 0.2) is 53.5 Å². The van der Waals surface area contributed by atoms with Crippen molar-refractivity contribution in [3.63, 3.8) is 0 Å². The zero-order valence-electron chi connectivity index (χ0n) is 15.5. The molecule has 0 aliphatic rings. The van der Waals surface area contributed by atoms with Gasteiger partial charge in [0.1, 0.15) is 5.75 Å². The Bertz CT molecular complexity index is 759. The van der Waals surface area contributed by atoms with Crippen molar-refractivity contribution in [3.8, 4) is 5.75 Å². The largest absolute Gasteiger partial charge is 0.496 e. The van der Waals surface area contributed by atoms with Crippen molar-refractivity contribution in [1.82, 2.24) is 10.6 Å². The third-order valence-electron chi connectivity index (χ3n) is 3.65. The van der Waals surface area contributed by atoms with E-state index in [4.69, 9.17) is 4.74 Å². The normalized spacial score (nSPS) is 11.0. The number of nitrogens with zero attached hydrogens (tertiary/aromatic N) is 1. The molecule has 3 N–H and O–H groups in total. The van der Waals surface area contributed by atoms with E-state index in [1.807, 2.05) is 55.5 Å². The minimum atomic E-state index is -0.0857. The molecule has 0 aromatic heterocycles. The van der Waals surface area contributed by atoms with Gasteiger partial charge in [-0.2, -0.15) is 0 Å². The highest BCUT2D eigenvalue weighted by Crippen LogP contribution is 2.16. The van der Waals surface area contributed by atoms with Crippen LogP contribution in [-0.4, -0.2) is 25.5 Å². The zero-order valence-corrected chi connectivity index (χ0v) is 15.5. The van der Waals surface area contributed by atoms with Gasteiger partial charge in [0.25, 0.3) is 0 Å². The number of nitrogens with one attached hydrogen (secondary N) is 3. The number of amides is 1. The minimum absolute atomic E-state index is 0.0857. The second-order valence-electron chi connectivity index (χ2n) is 5.74. The Hall–Kier alpha value is -3.02. The Morgan fingerprint density at radius 3 is 2.65 bits per heavy atom. The summed E-state index contributed by atoms with van der Waals surface area (Å²) in [6, 6.07) is 15.6. The number of hydrogen-bond acceptors (Lipinski definition) is 3. The molecule has 6 nitrogen and oxygen atoms in total. The molecule has 0 saturated carbocycles. The highest BCUT2D eigenvalue weighted by molar-refractivity contribution is 5.88. The third kappa shape index (κ3) is 6.12. The molecular weight excluding hydrogens is 328 g/mol. The number of ether oxygens (including phenoxy) is 1. The second kappa shape index (κ2) is 10.1. The quantitative estimate of drug-likeness (QED) is 0.528. The second-order valence-corrected chi connectivity index (χ2v) is 5.74. The third-order valence-corrected chi connectivity index (χ3v) is 3.65. The fourth-order valence-corrected chi connectivity index (χ4v) is 2.49. The van der Waals surface area contributed by atoms with Gasteiger partial charge in [0.15, 0.2) is 5.96 Å². The predicted molar refractivity (Wildman–Crippen MR) is 105 cm³/mol. The highest BCUT2D eigenvalue weighted by Gasteiger charge is 2.04. The number of guanidine groups is 1. The summed E-state index contributed by atoms with van der Waals surface area (Å²) in [5.74, 6) is 1.49. The van der Waals surface area contributed by atoms with Crippen LogP contribution in [0.1, 0.15) is 25.0 Å². The van der Waals surface area contributed by atoms with Gasteiger partial charge < -0.3 is 20.7 Å². The molecule has 138 valence electrons. The molecule has 2 rings (SSSR count). The lowest BCUT2D eigenvalue weighted by molar-refractivity contribution is -0.114. The predicted octanol–water partition coefficient (Wildman–Crippen LogP) is 2.91. The standard InChI is InChI=1S/C20H26N4O2/c1-4-21-20(23-14-17-9-5-6-11-19(17)26-3)22-13-16-8-7-10-18(12-16)24-15(2)25/h5-12H,4,13-14H2,1-3H3,(H,24,25)(H2,21,22,23). The minimum Gasteiger partial charge on any atom is -0.496 e. The molecule has 2 aromatic rings. The maximum atomic E-state index is 11.2. The topological polar surface area (TPSA) is 74.8 Å². The van der Waals surface area contributed by atoms with Gasteiger partial charge in [-0.1, -0.05) is 30.3 Å². The molecular formula is C20H26N4O2. The Morgan fingerprint density at radius 1 is 1.12 bits per heavy atom. The first-order valence-electron chi connectivity index (χ1n) is 8.63. The number of methoxy groups -OCH3 is 1. The molecule has 0 unspecified atom stereocenters. The van der Waals surface area contributed by atoms with Gasteiger partial charge in [0.2, 0.25) is 5.91 Å². The summed E-state index contributed by atoms with van der Waals surface area (Å²) < 4.78 is 5.38. The summed E-state index contributed by atoms with van der Waals surface area (Å²) in [5.41, 5.74) is 2.86. The molecule has 0 aliphatic heterocycles. The number of hydrogen-bond donors (Lipinski definition) is 3. The summed E-state index contributed by atoms with van der Waals surface area (Å²) in [6.07, 6.45) is 0. The number of para-hydroxylation sites is 1. The SMILES string of the molecule is CCNC(=NCc1cccc(NC(C)=O)c1)NCc1ccccc1OC. The van der Waals surface area contributed by atoms with E-state index in [2.05, 4.69) is 20.9 Å². The Morgan fingerprint density at radius 2 is 1.92 bits per heavy atom. The van der Waals surface area contributed by atoms with Crippen molar-refractivity contribution >= 4 is 17.6 Å². The van der Waals surface area contributed by atoms with Gasteiger partial charge >= 0.3 is 0 Å². The first-order chi connectivity index (χ1) is 12.6. The van der Waals surface area contributed by atoms with E-state index in [9.17, 15) is 4.79 Å². The molecule has 0 bridgehead atoms. The Balaban J connectivity index is 2.03. The van der Waals surface area contributed by atoms with E-state index in [-0.39, 0.29) is 5.91 Å². The first-order valence-corrected chi connectivity index (χ1v) is 8.63. The van der Waals surface area contributed by atoms with Crippen LogP contribution in [0.25, 0.3) is 0 Å². The highest BCUT2D eigenvalue weighted by atomic mass is 16.5. The molecule has 2 aromatic carbocycles. The van der Waals surface area contributed by atoms with Crippen molar-refractivity contribution in [3.05, 3.63) is 59.7 Å². The molecule has 26 heavy (non-hydrogen) atoms. The summed E-state index contributed by atoms with van der Waals surface area (Å²) >= 11 is 0. The smallest absolute Gasteiger partial charge is 0.221 e. The number of carbonyl (C=O) groups is 1. The molecule has 0 fully saturated rings. The molecule has 0 radical (unpaired) electrons. The van der Waals surface area contributed by atoms with Crippen LogP contribution in [0.2, 0.25) is 0 Å². The van der Waals surface area contributed by atoms with E-state index >= 15 is 0 Å². The molecule has 0 saturated heterocycles. The van der Waals surface area contributed by atoms with Crippen molar-refractivity contribution in [2.24, 2.45) is 4.99 Å². The van der Waals surface area contributed by atoms with Gasteiger partial charge in [-0.25, -0.2) is 4.99 Å². The van der Waals surface area contributed by atoms with E-state index in [0.717, 1.165) is 35.1 Å². The van der Waals surface area contributed by atoms with E-state index in [1.165, 1.54) is 6.92 Å². The molecule has 0 spiro atoms. The van der Waals surface area contributed by atoms with Crippen LogP contribution in [-0.2, 0) is 17.9 Å². The Labute approximate surface area is 154 Å². The van der Waals surface area contributed by atoms with Crippen LogP contribution in [0.5, 0.6) is 5.75 Å². The lowest BCUT2D eigenvalue weighted by Gasteiger charge is -2.13. The lowest BCUT2D eigenvalue weighted by atomic mass is 10.2. The first kappa shape index (κ1) is 19.3. The van der Waals surface area contributed by atoms with Gasteiger partial charge in [-0.15, -0.1) is 0 Å². The van der Waals surface area contributed by atoms with Gasteiger partial charge in [0, 0.05) is 31.3 Å². The van der Waals surface area contributed by atoms with Gasteiger partial charge in [-0.05, 0) is 30.7 Å². The van der Waals surface area contributed by atoms with Crippen molar-refractivity contribution in [1.29, 1.82) is 0 Å². The lowest BCUT2D eigenvalue weighted by Crippen LogP contribution is -2.36. The average Bonchev–Trinajstić information content (AvgIpc) is 2.64. The number of carbonyl (C=O) groups excluding carboxylic acids is 1. The van der Waals surface area contributed by atoms with Gasteiger partial charge in [0.05, 0.1) is 13.7 Å². The molecule has 0 heterocycles. The summed E-state index contributed by atoms with van der Waals surface area (Å²) in [4.78, 5) is 15.8. The van der Waals surface area contributed by atoms with Crippen LogP contribution in [0, 0.1) is 0 Å². The van der Waals surface area contributed by atoms with E-state index < -0.39 is 0 Å². The fraction of sp³-hybridized carbons (Fsp3) is 0.300. The average molecular weight is 354 g/mol. The van der Waals surface area contributed by atoms with Crippen LogP contribution < -0.4 is 20.7 Å². The molecule has 0 aliphatic carbocycles. The van der Waals surface area contributed by atoms with Gasteiger partial charge in [-0.3, -0.25) is 4.79 Å². The molecule has 0 atom stereocenters. The summed E-state index contributed by atoms with van der Waals surface area (Å²) in [6.45, 7) is 5.41.